The van der Waals surface area contributed by atoms with E-state index in [-0.39, 0.29) is 5.91 Å². The summed E-state index contributed by atoms with van der Waals surface area (Å²) in [6.07, 6.45) is 0. The average Bonchev–Trinajstić information content (AvgIpc) is 2.29. The van der Waals surface area contributed by atoms with E-state index in [2.05, 4.69) is 5.32 Å². The van der Waals surface area contributed by atoms with Crippen molar-refractivity contribution >= 4 is 11.6 Å². The van der Waals surface area contributed by atoms with Crippen LogP contribution in [0.15, 0.2) is 18.2 Å². The van der Waals surface area contributed by atoms with Crippen LogP contribution in [0.4, 0.5) is 5.69 Å². The van der Waals surface area contributed by atoms with Crippen LogP contribution in [0.3, 0.4) is 0 Å². The fraction of sp³-hybridized carbons (Fsp3) is 0.533. The number of carbonyl (C=O) groups excluding carboxylic acids is 1. The number of rotatable bonds is 5. The van der Waals surface area contributed by atoms with Crippen molar-refractivity contribution in [2.45, 2.75) is 45.8 Å². The predicted octanol–water partition coefficient (Wildman–Crippen LogP) is 1.95. The summed E-state index contributed by atoms with van der Waals surface area (Å²) in [5.74, 6) is 0.0481. The summed E-state index contributed by atoms with van der Waals surface area (Å²) in [6, 6.07) is 5.03. The minimum Gasteiger partial charge on any atom is -0.491 e. The molecule has 0 radical (unpaired) electrons. The molecular weight excluding hydrogens is 256 g/mol. The van der Waals surface area contributed by atoms with E-state index in [1.165, 1.54) is 0 Å². The molecule has 0 aromatic heterocycles. The molecule has 1 aromatic rings. The van der Waals surface area contributed by atoms with Gasteiger partial charge in [-0.1, -0.05) is 6.07 Å². The number of nitrogens with two attached hydrogens (primary N) is 1. The zero-order valence-corrected chi connectivity index (χ0v) is 12.8. The van der Waals surface area contributed by atoms with Gasteiger partial charge in [0.1, 0.15) is 0 Å². The normalized spacial score (nSPS) is 12.1. The van der Waals surface area contributed by atoms with Crippen molar-refractivity contribution in [3.8, 4) is 5.75 Å². The van der Waals surface area contributed by atoms with E-state index >= 15 is 0 Å². The van der Waals surface area contributed by atoms with Gasteiger partial charge in [0, 0.05) is 0 Å². The van der Waals surface area contributed by atoms with Gasteiger partial charge in [-0.2, -0.15) is 0 Å². The Hall–Kier alpha value is -1.75. The largest absolute Gasteiger partial charge is 0.491 e. The summed E-state index contributed by atoms with van der Waals surface area (Å²) in [5, 5.41) is 12.9. The topological polar surface area (TPSA) is 84.6 Å². The number of hydrogen-bond acceptors (Lipinski definition) is 4. The Labute approximate surface area is 120 Å². The Morgan fingerprint density at radius 3 is 2.45 bits per heavy atom. The Morgan fingerprint density at radius 2 is 1.95 bits per heavy atom. The lowest BCUT2D eigenvalue weighted by Gasteiger charge is -2.38. The Balaban J connectivity index is 3.08. The summed E-state index contributed by atoms with van der Waals surface area (Å²) >= 11 is 0. The van der Waals surface area contributed by atoms with Gasteiger partial charge in [-0.05, 0) is 46.8 Å². The van der Waals surface area contributed by atoms with Crippen LogP contribution in [-0.4, -0.2) is 28.8 Å². The number of benzene rings is 1. The molecule has 4 N–H and O–H groups in total. The van der Waals surface area contributed by atoms with Crippen LogP contribution < -0.4 is 15.8 Å². The van der Waals surface area contributed by atoms with E-state index in [0.29, 0.717) is 23.6 Å². The van der Waals surface area contributed by atoms with Gasteiger partial charge in [-0.3, -0.25) is 4.79 Å². The van der Waals surface area contributed by atoms with Crippen molar-refractivity contribution in [3.63, 3.8) is 0 Å². The molecule has 0 atom stereocenters. The molecule has 0 saturated heterocycles. The molecule has 0 fully saturated rings. The predicted molar refractivity (Wildman–Crippen MR) is 79.9 cm³/mol. The highest BCUT2D eigenvalue weighted by molar-refractivity contribution is 5.99. The number of nitrogen functional groups attached to an aromatic ring is 1. The molecule has 0 bridgehead atoms. The zero-order chi connectivity index (χ0) is 15.6. The van der Waals surface area contributed by atoms with Crippen molar-refractivity contribution in [2.24, 2.45) is 0 Å². The van der Waals surface area contributed by atoms with E-state index in [0.717, 1.165) is 0 Å². The lowest BCUT2D eigenvalue weighted by Crippen LogP contribution is -2.57. The maximum atomic E-state index is 12.4. The van der Waals surface area contributed by atoms with Gasteiger partial charge in [-0.25, -0.2) is 0 Å². The van der Waals surface area contributed by atoms with Crippen LogP contribution in [0, 0.1) is 0 Å². The molecule has 0 aliphatic heterocycles. The molecule has 0 heterocycles. The van der Waals surface area contributed by atoms with Gasteiger partial charge in [0.05, 0.1) is 29.0 Å². The van der Waals surface area contributed by atoms with Crippen molar-refractivity contribution in [2.75, 3.05) is 12.3 Å². The number of nitrogens with one attached hydrogen (secondary N) is 1. The number of amides is 1. The highest BCUT2D eigenvalue weighted by Crippen LogP contribution is 2.28. The van der Waals surface area contributed by atoms with Crippen molar-refractivity contribution < 1.29 is 14.6 Å². The summed E-state index contributed by atoms with van der Waals surface area (Å²) in [4.78, 5) is 12.4. The van der Waals surface area contributed by atoms with E-state index < -0.39 is 11.1 Å². The second-order valence-electron chi connectivity index (χ2n) is 5.80. The van der Waals surface area contributed by atoms with Crippen LogP contribution in [0.5, 0.6) is 5.75 Å². The molecule has 0 unspecified atom stereocenters. The molecule has 1 aromatic carbocycles. The Bertz CT molecular complexity index is 490. The van der Waals surface area contributed by atoms with Crippen molar-refractivity contribution in [1.29, 1.82) is 0 Å². The number of hydrogen-bond donors (Lipinski definition) is 3. The smallest absolute Gasteiger partial charge is 0.255 e. The first-order chi connectivity index (χ1) is 9.10. The molecule has 112 valence electrons. The van der Waals surface area contributed by atoms with Crippen LogP contribution in [0.25, 0.3) is 0 Å². The van der Waals surface area contributed by atoms with Gasteiger partial charge < -0.3 is 20.9 Å². The summed E-state index contributed by atoms with van der Waals surface area (Å²) in [5.41, 5.74) is 4.77. The van der Waals surface area contributed by atoms with Crippen LogP contribution in [-0.2, 0) is 0 Å². The minimum atomic E-state index is -1.06. The third kappa shape index (κ3) is 3.42. The Morgan fingerprint density at radius 1 is 1.35 bits per heavy atom. The first kappa shape index (κ1) is 16.3. The van der Waals surface area contributed by atoms with Gasteiger partial charge >= 0.3 is 0 Å². The van der Waals surface area contributed by atoms with E-state index in [1.807, 2.05) is 6.92 Å². The number of aliphatic hydroxyl groups is 1. The minimum absolute atomic E-state index is 0.326. The van der Waals surface area contributed by atoms with Gasteiger partial charge in [-0.15, -0.1) is 0 Å². The second-order valence-corrected chi connectivity index (χ2v) is 5.80. The maximum absolute atomic E-state index is 12.4. The zero-order valence-electron chi connectivity index (χ0n) is 12.8. The van der Waals surface area contributed by atoms with Gasteiger partial charge in [0.15, 0.2) is 5.75 Å². The SMILES string of the molecule is CCOc1c(N)cccc1C(=O)NC(C)(C)C(C)(C)O. The quantitative estimate of drug-likeness (QED) is 0.720. The van der Waals surface area contributed by atoms with Crippen molar-refractivity contribution in [1.82, 2.24) is 5.32 Å². The molecule has 20 heavy (non-hydrogen) atoms. The van der Waals surface area contributed by atoms with Crippen LogP contribution in [0.1, 0.15) is 45.0 Å². The van der Waals surface area contributed by atoms with Crippen LogP contribution in [0.2, 0.25) is 0 Å². The molecule has 1 rings (SSSR count). The molecule has 0 saturated carbocycles. The highest BCUT2D eigenvalue weighted by atomic mass is 16.5. The fourth-order valence-corrected chi connectivity index (χ4v) is 1.54. The average molecular weight is 280 g/mol. The molecule has 1 amide bonds. The fourth-order valence-electron chi connectivity index (χ4n) is 1.54. The van der Waals surface area contributed by atoms with Crippen LogP contribution >= 0.6 is 0 Å². The summed E-state index contributed by atoms with van der Waals surface area (Å²) in [6.45, 7) is 9.07. The number of carbonyl (C=O) groups is 1. The molecule has 0 aliphatic rings. The molecule has 5 nitrogen and oxygen atoms in total. The molecule has 0 spiro atoms. The standard InChI is InChI=1S/C15H24N2O3/c1-6-20-12-10(8-7-9-11(12)16)13(18)17-14(2,3)15(4,5)19/h7-9,19H,6,16H2,1-5H3,(H,17,18). The highest BCUT2D eigenvalue weighted by Gasteiger charge is 2.37. The number of para-hydroxylation sites is 1. The van der Waals surface area contributed by atoms with E-state index in [1.54, 1.807) is 45.9 Å². The van der Waals surface area contributed by atoms with Gasteiger partial charge in [0.2, 0.25) is 0 Å². The molecule has 0 aliphatic carbocycles. The summed E-state index contributed by atoms with van der Waals surface area (Å²) in [7, 11) is 0. The molecule has 5 heteroatoms. The lowest BCUT2D eigenvalue weighted by molar-refractivity contribution is -0.00298. The number of anilines is 1. The number of ether oxygens (including phenoxy) is 1. The Kier molecular flexibility index (Phi) is 4.65. The maximum Gasteiger partial charge on any atom is 0.255 e. The lowest BCUT2D eigenvalue weighted by atomic mass is 9.85. The van der Waals surface area contributed by atoms with E-state index in [4.69, 9.17) is 10.5 Å². The van der Waals surface area contributed by atoms with Gasteiger partial charge in [0.25, 0.3) is 5.91 Å². The first-order valence-electron chi connectivity index (χ1n) is 6.66. The van der Waals surface area contributed by atoms with E-state index in [9.17, 15) is 9.90 Å². The molecular formula is C15H24N2O3. The van der Waals surface area contributed by atoms with Crippen molar-refractivity contribution in [3.05, 3.63) is 23.8 Å². The summed E-state index contributed by atoms with van der Waals surface area (Å²) < 4.78 is 5.44. The third-order valence-corrected chi connectivity index (χ3v) is 3.53. The third-order valence-electron chi connectivity index (χ3n) is 3.53. The second kappa shape index (κ2) is 5.71. The monoisotopic (exact) mass is 280 g/mol. The first-order valence-corrected chi connectivity index (χ1v) is 6.66.